The third kappa shape index (κ3) is 5.85. The number of alkyl halides is 3. The van der Waals surface area contributed by atoms with Gasteiger partial charge in [-0.15, -0.1) is 13.2 Å². The standard InChI is InChI=1S/C30H28F3N7O/c1-29(2)17-34-12-11-24(29)39-28-26-22(18-4-3-5-18)15-35-16-23(26)38-27(40-28)19-10-13-36-25(14-19)37-20-6-8-21(9-7-20)41-30(31,32)33/h3-10,13-16,24,34H,11-12,17H2,1-2H3,(H,36,37)(H,38,39,40). The van der Waals surface area contributed by atoms with Crippen LogP contribution in [0.4, 0.5) is 30.5 Å². The van der Waals surface area contributed by atoms with Gasteiger partial charge in [0, 0.05) is 41.8 Å². The second-order valence-corrected chi connectivity index (χ2v) is 10.7. The van der Waals surface area contributed by atoms with Crippen molar-refractivity contribution in [1.29, 1.82) is 0 Å². The van der Waals surface area contributed by atoms with Crippen LogP contribution in [0.2, 0.25) is 0 Å². The molecule has 0 bridgehead atoms. The number of hydrogen-bond donors (Lipinski definition) is 3. The van der Waals surface area contributed by atoms with E-state index in [1.807, 2.05) is 30.5 Å². The molecule has 41 heavy (non-hydrogen) atoms. The van der Waals surface area contributed by atoms with Crippen molar-refractivity contribution in [3.8, 4) is 17.1 Å². The number of allylic oxidation sites excluding steroid dienone is 4. The van der Waals surface area contributed by atoms with Crippen LogP contribution in [-0.2, 0) is 0 Å². The molecule has 1 unspecified atom stereocenters. The third-order valence-electron chi connectivity index (χ3n) is 7.29. The predicted octanol–water partition coefficient (Wildman–Crippen LogP) is 6.48. The van der Waals surface area contributed by atoms with Crippen molar-refractivity contribution < 1.29 is 17.9 Å². The molecule has 2 aliphatic rings. The quantitative estimate of drug-likeness (QED) is 0.237. The molecule has 1 aliphatic heterocycles. The molecular weight excluding hydrogens is 531 g/mol. The maximum Gasteiger partial charge on any atom is 0.573 e. The van der Waals surface area contributed by atoms with Gasteiger partial charge in [0.15, 0.2) is 5.82 Å². The molecule has 1 aromatic carbocycles. The molecule has 6 rings (SSSR count). The summed E-state index contributed by atoms with van der Waals surface area (Å²) in [6, 6.07) is 9.27. The van der Waals surface area contributed by atoms with Crippen molar-refractivity contribution in [1.82, 2.24) is 25.3 Å². The molecule has 1 saturated heterocycles. The number of rotatable bonds is 7. The number of nitrogens with zero attached hydrogens (tertiary/aromatic N) is 4. The Morgan fingerprint density at radius 1 is 1.07 bits per heavy atom. The molecule has 0 spiro atoms. The lowest BCUT2D eigenvalue weighted by molar-refractivity contribution is -0.274. The molecular formula is C30H28F3N7O. The summed E-state index contributed by atoms with van der Waals surface area (Å²) in [5.74, 6) is 1.44. The van der Waals surface area contributed by atoms with Crippen LogP contribution in [0, 0.1) is 5.41 Å². The summed E-state index contributed by atoms with van der Waals surface area (Å²) in [5, 5.41) is 11.3. The molecule has 1 fully saturated rings. The summed E-state index contributed by atoms with van der Waals surface area (Å²) in [7, 11) is 0. The monoisotopic (exact) mass is 559 g/mol. The van der Waals surface area contributed by atoms with Crippen LogP contribution in [0.1, 0.15) is 25.8 Å². The van der Waals surface area contributed by atoms with E-state index in [2.05, 4.69) is 44.5 Å². The Bertz CT molecular complexity index is 1650. The maximum absolute atomic E-state index is 12.5. The van der Waals surface area contributed by atoms with Crippen molar-refractivity contribution in [3.63, 3.8) is 0 Å². The van der Waals surface area contributed by atoms with Gasteiger partial charge < -0.3 is 20.7 Å². The van der Waals surface area contributed by atoms with E-state index < -0.39 is 6.36 Å². The smallest absolute Gasteiger partial charge is 0.406 e. The number of pyridine rings is 2. The highest BCUT2D eigenvalue weighted by Crippen LogP contribution is 2.36. The number of benzene rings is 1. The fraction of sp³-hybridized carbons (Fsp3) is 0.267. The first kappa shape index (κ1) is 26.7. The number of anilines is 3. The second kappa shape index (κ2) is 10.5. The number of ether oxygens (including phenoxy) is 1. The topological polar surface area (TPSA) is 96.9 Å². The molecule has 3 aromatic heterocycles. The van der Waals surface area contributed by atoms with E-state index in [1.165, 1.54) is 24.3 Å². The zero-order chi connectivity index (χ0) is 28.6. The zero-order valence-electron chi connectivity index (χ0n) is 22.5. The number of fused-ring (bicyclic) bond motifs is 1. The number of halogens is 3. The van der Waals surface area contributed by atoms with Gasteiger partial charge in [-0.2, -0.15) is 0 Å². The summed E-state index contributed by atoms with van der Waals surface area (Å²) in [4.78, 5) is 18.7. The van der Waals surface area contributed by atoms with E-state index in [4.69, 9.17) is 9.97 Å². The Kier molecular flexibility index (Phi) is 6.82. The Labute approximate surface area is 234 Å². The Morgan fingerprint density at radius 3 is 2.59 bits per heavy atom. The second-order valence-electron chi connectivity index (χ2n) is 10.7. The molecule has 8 nitrogen and oxygen atoms in total. The molecule has 0 saturated carbocycles. The molecule has 0 radical (unpaired) electrons. The molecule has 4 aromatic rings. The fourth-order valence-electron chi connectivity index (χ4n) is 5.04. The Morgan fingerprint density at radius 2 is 1.88 bits per heavy atom. The van der Waals surface area contributed by atoms with Crippen LogP contribution < -0.4 is 20.7 Å². The van der Waals surface area contributed by atoms with Crippen molar-refractivity contribution in [2.45, 2.75) is 32.7 Å². The summed E-state index contributed by atoms with van der Waals surface area (Å²) in [6.45, 7) is 6.29. The van der Waals surface area contributed by atoms with Gasteiger partial charge in [-0.25, -0.2) is 15.0 Å². The third-order valence-corrected chi connectivity index (χ3v) is 7.29. The molecule has 3 N–H and O–H groups in total. The van der Waals surface area contributed by atoms with Crippen LogP contribution >= 0.6 is 0 Å². The average molecular weight is 560 g/mol. The summed E-state index contributed by atoms with van der Waals surface area (Å²) < 4.78 is 41.4. The van der Waals surface area contributed by atoms with Gasteiger partial charge in [-0.3, -0.25) is 4.98 Å². The summed E-state index contributed by atoms with van der Waals surface area (Å²) in [6.07, 6.45) is 7.52. The number of aromatic nitrogens is 4. The SMILES string of the molecule is CC1(C)CNCCC1Nc1nc(-c2ccnc(Nc3ccc(OC(F)(F)F)cc3)c2)nc2cncc(C3=CC=C3)c12. The van der Waals surface area contributed by atoms with Gasteiger partial charge in [0.2, 0.25) is 0 Å². The Balaban J connectivity index is 1.35. The minimum atomic E-state index is -4.75. The van der Waals surface area contributed by atoms with E-state index in [0.717, 1.165) is 52.9 Å². The van der Waals surface area contributed by atoms with Crippen LogP contribution in [0.5, 0.6) is 5.75 Å². The lowest BCUT2D eigenvalue weighted by Gasteiger charge is -2.40. The average Bonchev–Trinajstić information content (AvgIpc) is 2.89. The zero-order valence-corrected chi connectivity index (χ0v) is 22.5. The van der Waals surface area contributed by atoms with Crippen LogP contribution in [-0.4, -0.2) is 45.4 Å². The first-order chi connectivity index (χ1) is 19.6. The van der Waals surface area contributed by atoms with Gasteiger partial charge in [-0.1, -0.05) is 32.1 Å². The van der Waals surface area contributed by atoms with Gasteiger partial charge in [0.25, 0.3) is 0 Å². The normalized spacial score (nSPS) is 18.0. The van der Waals surface area contributed by atoms with E-state index >= 15 is 0 Å². The highest BCUT2D eigenvalue weighted by Gasteiger charge is 2.33. The molecule has 210 valence electrons. The highest BCUT2D eigenvalue weighted by molar-refractivity contribution is 6.02. The largest absolute Gasteiger partial charge is 0.573 e. The molecule has 1 atom stereocenters. The van der Waals surface area contributed by atoms with E-state index in [9.17, 15) is 13.2 Å². The minimum absolute atomic E-state index is 0.00691. The van der Waals surface area contributed by atoms with Crippen molar-refractivity contribution in [2.24, 2.45) is 5.41 Å². The van der Waals surface area contributed by atoms with Crippen LogP contribution in [0.3, 0.4) is 0 Å². The molecule has 0 amide bonds. The number of nitrogens with one attached hydrogen (secondary N) is 3. The van der Waals surface area contributed by atoms with Gasteiger partial charge >= 0.3 is 6.36 Å². The van der Waals surface area contributed by atoms with Gasteiger partial charge in [-0.05, 0) is 60.4 Å². The summed E-state index contributed by atoms with van der Waals surface area (Å²) >= 11 is 0. The maximum atomic E-state index is 12.5. The van der Waals surface area contributed by atoms with E-state index in [1.54, 1.807) is 18.5 Å². The number of piperidine rings is 1. The van der Waals surface area contributed by atoms with E-state index in [-0.39, 0.29) is 17.2 Å². The van der Waals surface area contributed by atoms with Crippen LogP contribution in [0.25, 0.3) is 27.9 Å². The van der Waals surface area contributed by atoms with Crippen LogP contribution in [0.15, 0.2) is 73.2 Å². The predicted molar refractivity (Wildman–Crippen MR) is 153 cm³/mol. The Hall–Kier alpha value is -4.51. The highest BCUT2D eigenvalue weighted by atomic mass is 19.4. The van der Waals surface area contributed by atoms with Crippen molar-refractivity contribution >= 4 is 33.8 Å². The first-order valence-corrected chi connectivity index (χ1v) is 13.3. The fourth-order valence-corrected chi connectivity index (χ4v) is 5.04. The van der Waals surface area contributed by atoms with Gasteiger partial charge in [0.1, 0.15) is 17.4 Å². The lowest BCUT2D eigenvalue weighted by Crippen LogP contribution is -2.49. The van der Waals surface area contributed by atoms with Crippen molar-refractivity contribution in [3.05, 3.63) is 78.8 Å². The first-order valence-electron chi connectivity index (χ1n) is 13.3. The number of hydrogen-bond acceptors (Lipinski definition) is 8. The van der Waals surface area contributed by atoms with Gasteiger partial charge in [0.05, 0.1) is 17.1 Å². The lowest BCUT2D eigenvalue weighted by atomic mass is 9.80. The molecule has 1 aliphatic carbocycles. The minimum Gasteiger partial charge on any atom is -0.406 e. The van der Waals surface area contributed by atoms with E-state index in [0.29, 0.717) is 17.3 Å². The molecule has 4 heterocycles. The summed E-state index contributed by atoms with van der Waals surface area (Å²) in [5.41, 5.74) is 4.05. The molecule has 11 heteroatoms. The van der Waals surface area contributed by atoms with Crippen molar-refractivity contribution in [2.75, 3.05) is 23.7 Å².